The van der Waals surface area contributed by atoms with Gasteiger partial charge in [0.2, 0.25) is 5.91 Å². The van der Waals surface area contributed by atoms with Gasteiger partial charge in [0.25, 0.3) is 0 Å². The standard InChI is InChI=1S/C13H17N5O/c1-8(14)7-12(19)16-11-6-4-3-5-10(11)13-15-9(2)17-18-13/h3-6,8H,7,14H2,1-2H3,(H,16,19)(H,15,17,18). The van der Waals surface area contributed by atoms with Gasteiger partial charge in [-0.2, -0.15) is 5.10 Å². The maximum absolute atomic E-state index is 11.8. The Morgan fingerprint density at radius 1 is 1.47 bits per heavy atom. The first kappa shape index (κ1) is 13.2. The molecule has 0 saturated heterocycles. The summed E-state index contributed by atoms with van der Waals surface area (Å²) < 4.78 is 0. The van der Waals surface area contributed by atoms with Gasteiger partial charge in [-0.25, -0.2) is 4.98 Å². The van der Waals surface area contributed by atoms with Crippen LogP contribution in [0.2, 0.25) is 0 Å². The fraction of sp³-hybridized carbons (Fsp3) is 0.308. The lowest BCUT2D eigenvalue weighted by Gasteiger charge is -2.10. The third-order valence-corrected chi connectivity index (χ3v) is 2.55. The van der Waals surface area contributed by atoms with Crippen LogP contribution in [-0.2, 0) is 4.79 Å². The summed E-state index contributed by atoms with van der Waals surface area (Å²) in [6.45, 7) is 3.62. The Balaban J connectivity index is 2.24. The number of para-hydroxylation sites is 1. The molecule has 0 radical (unpaired) electrons. The molecule has 4 N–H and O–H groups in total. The third kappa shape index (κ3) is 3.38. The van der Waals surface area contributed by atoms with Crippen LogP contribution >= 0.6 is 0 Å². The van der Waals surface area contributed by atoms with E-state index in [4.69, 9.17) is 5.73 Å². The molecule has 0 aliphatic carbocycles. The summed E-state index contributed by atoms with van der Waals surface area (Å²) in [6, 6.07) is 7.25. The molecule has 0 aliphatic heterocycles. The van der Waals surface area contributed by atoms with Crippen molar-refractivity contribution in [3.05, 3.63) is 30.1 Å². The fourth-order valence-electron chi connectivity index (χ4n) is 1.74. The Kier molecular flexibility index (Phi) is 3.91. The highest BCUT2D eigenvalue weighted by Crippen LogP contribution is 2.24. The minimum Gasteiger partial charge on any atom is -0.327 e. The molecule has 1 heterocycles. The molecule has 1 unspecified atom stereocenters. The maximum atomic E-state index is 11.8. The number of hydrogen-bond acceptors (Lipinski definition) is 4. The zero-order valence-electron chi connectivity index (χ0n) is 11.0. The average Bonchev–Trinajstić information content (AvgIpc) is 2.75. The van der Waals surface area contributed by atoms with Crippen LogP contribution in [0.15, 0.2) is 24.3 Å². The summed E-state index contributed by atoms with van der Waals surface area (Å²) in [4.78, 5) is 16.0. The number of benzene rings is 1. The average molecular weight is 259 g/mol. The molecule has 6 heteroatoms. The number of carbonyl (C=O) groups is 1. The molecular weight excluding hydrogens is 242 g/mol. The highest BCUT2D eigenvalue weighted by molar-refractivity contribution is 5.94. The van der Waals surface area contributed by atoms with Gasteiger partial charge in [-0.3, -0.25) is 9.89 Å². The van der Waals surface area contributed by atoms with E-state index in [1.807, 2.05) is 31.2 Å². The van der Waals surface area contributed by atoms with Gasteiger partial charge in [0, 0.05) is 18.0 Å². The number of nitrogens with zero attached hydrogens (tertiary/aromatic N) is 2. The summed E-state index contributed by atoms with van der Waals surface area (Å²) >= 11 is 0. The van der Waals surface area contributed by atoms with E-state index in [2.05, 4.69) is 20.5 Å². The van der Waals surface area contributed by atoms with Crippen LogP contribution in [0.3, 0.4) is 0 Å². The summed E-state index contributed by atoms with van der Waals surface area (Å²) in [6.07, 6.45) is 0.279. The van der Waals surface area contributed by atoms with Crippen molar-refractivity contribution in [2.24, 2.45) is 5.73 Å². The molecule has 1 aromatic heterocycles. The van der Waals surface area contributed by atoms with E-state index >= 15 is 0 Å². The summed E-state index contributed by atoms with van der Waals surface area (Å²) in [5.41, 5.74) is 7.08. The Bertz CT molecular complexity index is 576. The Hall–Kier alpha value is -2.21. The normalized spacial score (nSPS) is 12.2. The molecule has 2 rings (SSSR count). The van der Waals surface area contributed by atoms with Gasteiger partial charge in [0.05, 0.1) is 5.69 Å². The van der Waals surface area contributed by atoms with Crippen molar-refractivity contribution < 1.29 is 4.79 Å². The molecule has 1 aromatic carbocycles. The van der Waals surface area contributed by atoms with Crippen molar-refractivity contribution in [2.45, 2.75) is 26.3 Å². The van der Waals surface area contributed by atoms with Gasteiger partial charge in [-0.05, 0) is 26.0 Å². The second-order valence-electron chi connectivity index (χ2n) is 4.52. The number of aromatic nitrogens is 3. The highest BCUT2D eigenvalue weighted by Gasteiger charge is 2.12. The predicted molar refractivity (Wildman–Crippen MR) is 73.5 cm³/mol. The van der Waals surface area contributed by atoms with E-state index in [1.54, 1.807) is 6.92 Å². The minimum atomic E-state index is -0.169. The number of aromatic amines is 1. The minimum absolute atomic E-state index is 0.116. The Labute approximate surface area is 111 Å². The third-order valence-electron chi connectivity index (χ3n) is 2.55. The first-order valence-corrected chi connectivity index (χ1v) is 6.10. The number of amides is 1. The van der Waals surface area contributed by atoms with Crippen molar-refractivity contribution in [3.8, 4) is 11.4 Å². The van der Waals surface area contributed by atoms with Crippen LogP contribution < -0.4 is 11.1 Å². The molecule has 1 atom stereocenters. The van der Waals surface area contributed by atoms with Crippen LogP contribution in [0.5, 0.6) is 0 Å². The van der Waals surface area contributed by atoms with Crippen LogP contribution in [0.4, 0.5) is 5.69 Å². The highest BCUT2D eigenvalue weighted by atomic mass is 16.1. The first-order chi connectivity index (χ1) is 9.06. The second-order valence-corrected chi connectivity index (χ2v) is 4.52. The smallest absolute Gasteiger partial charge is 0.225 e. The lowest BCUT2D eigenvalue weighted by molar-refractivity contribution is -0.116. The van der Waals surface area contributed by atoms with Gasteiger partial charge in [-0.1, -0.05) is 12.1 Å². The van der Waals surface area contributed by atoms with Gasteiger partial charge in [0.1, 0.15) is 5.82 Å². The zero-order valence-corrected chi connectivity index (χ0v) is 11.0. The van der Waals surface area contributed by atoms with E-state index in [-0.39, 0.29) is 18.4 Å². The summed E-state index contributed by atoms with van der Waals surface area (Å²) in [5.74, 6) is 1.18. The zero-order chi connectivity index (χ0) is 13.8. The number of rotatable bonds is 4. The molecule has 0 spiro atoms. The van der Waals surface area contributed by atoms with Crippen molar-refractivity contribution in [2.75, 3.05) is 5.32 Å². The summed E-state index contributed by atoms with van der Waals surface area (Å²) in [5, 5.41) is 9.73. The van der Waals surface area contributed by atoms with Gasteiger partial charge < -0.3 is 11.1 Å². The molecule has 0 fully saturated rings. The number of aryl methyl sites for hydroxylation is 1. The number of anilines is 1. The lowest BCUT2D eigenvalue weighted by atomic mass is 10.1. The topological polar surface area (TPSA) is 96.7 Å². The molecule has 0 aliphatic rings. The molecular formula is C13H17N5O. The molecule has 19 heavy (non-hydrogen) atoms. The number of nitrogens with two attached hydrogens (primary N) is 1. The molecule has 0 bridgehead atoms. The Morgan fingerprint density at radius 2 is 2.21 bits per heavy atom. The van der Waals surface area contributed by atoms with E-state index in [0.29, 0.717) is 11.5 Å². The monoisotopic (exact) mass is 259 g/mol. The van der Waals surface area contributed by atoms with Gasteiger partial charge >= 0.3 is 0 Å². The Morgan fingerprint density at radius 3 is 2.84 bits per heavy atom. The largest absolute Gasteiger partial charge is 0.327 e. The fourth-order valence-corrected chi connectivity index (χ4v) is 1.74. The molecule has 2 aromatic rings. The van der Waals surface area contributed by atoms with Crippen molar-refractivity contribution in [1.82, 2.24) is 15.2 Å². The van der Waals surface area contributed by atoms with E-state index in [1.165, 1.54) is 0 Å². The number of carbonyl (C=O) groups excluding carboxylic acids is 1. The molecule has 100 valence electrons. The quantitative estimate of drug-likeness (QED) is 0.774. The second kappa shape index (κ2) is 5.62. The van der Waals surface area contributed by atoms with Crippen LogP contribution in [0, 0.1) is 6.92 Å². The number of nitrogens with one attached hydrogen (secondary N) is 2. The SMILES string of the molecule is Cc1nc(-c2ccccc2NC(=O)CC(C)N)n[nH]1. The van der Waals surface area contributed by atoms with Crippen LogP contribution in [0.25, 0.3) is 11.4 Å². The number of H-pyrrole nitrogens is 1. The predicted octanol–water partition coefficient (Wildman–Crippen LogP) is 1.46. The maximum Gasteiger partial charge on any atom is 0.225 e. The molecule has 1 amide bonds. The van der Waals surface area contributed by atoms with E-state index in [9.17, 15) is 4.79 Å². The first-order valence-electron chi connectivity index (χ1n) is 6.10. The van der Waals surface area contributed by atoms with Gasteiger partial charge in [0.15, 0.2) is 5.82 Å². The number of hydrogen-bond donors (Lipinski definition) is 3. The summed E-state index contributed by atoms with van der Waals surface area (Å²) in [7, 11) is 0. The van der Waals surface area contributed by atoms with E-state index in [0.717, 1.165) is 11.4 Å². The van der Waals surface area contributed by atoms with Crippen LogP contribution in [0.1, 0.15) is 19.2 Å². The van der Waals surface area contributed by atoms with Crippen LogP contribution in [-0.4, -0.2) is 27.1 Å². The molecule has 6 nitrogen and oxygen atoms in total. The van der Waals surface area contributed by atoms with Crippen molar-refractivity contribution >= 4 is 11.6 Å². The van der Waals surface area contributed by atoms with Gasteiger partial charge in [-0.15, -0.1) is 0 Å². The lowest BCUT2D eigenvalue weighted by Crippen LogP contribution is -2.24. The van der Waals surface area contributed by atoms with Crippen molar-refractivity contribution in [1.29, 1.82) is 0 Å². The van der Waals surface area contributed by atoms with Crippen molar-refractivity contribution in [3.63, 3.8) is 0 Å². The van der Waals surface area contributed by atoms with E-state index < -0.39 is 0 Å². The molecule has 0 saturated carbocycles.